The van der Waals surface area contributed by atoms with Crippen molar-refractivity contribution in [3.8, 4) is 0 Å². The van der Waals surface area contributed by atoms with Crippen molar-refractivity contribution in [1.29, 1.82) is 0 Å². The van der Waals surface area contributed by atoms with E-state index in [9.17, 15) is 9.59 Å². The standard InChI is InChI=1S/C16H18N2O3S/c1-18(10-14-4-3-9-22-14)11-15(19)17-13-7-5-12(6-8-13)16(20)21-2/h3-9H,10-11H2,1-2H3,(H,17,19). The minimum absolute atomic E-state index is 0.0927. The summed E-state index contributed by atoms with van der Waals surface area (Å²) in [5, 5.41) is 4.83. The SMILES string of the molecule is COC(=O)c1ccc(NC(=O)CN(C)Cc2cccs2)cc1. The molecule has 0 spiro atoms. The van der Waals surface area contributed by atoms with Gasteiger partial charge in [0.05, 0.1) is 19.2 Å². The van der Waals surface area contributed by atoms with Crippen LogP contribution in [0.2, 0.25) is 0 Å². The summed E-state index contributed by atoms with van der Waals surface area (Å²) in [6, 6.07) is 10.7. The van der Waals surface area contributed by atoms with Crippen molar-refractivity contribution in [2.45, 2.75) is 6.54 Å². The van der Waals surface area contributed by atoms with E-state index in [0.29, 0.717) is 17.8 Å². The smallest absolute Gasteiger partial charge is 0.337 e. The minimum Gasteiger partial charge on any atom is -0.465 e. The maximum Gasteiger partial charge on any atom is 0.337 e. The van der Waals surface area contributed by atoms with Crippen molar-refractivity contribution in [1.82, 2.24) is 4.90 Å². The molecule has 6 heteroatoms. The number of hydrogen-bond donors (Lipinski definition) is 1. The maximum atomic E-state index is 12.0. The van der Waals surface area contributed by atoms with E-state index in [1.54, 1.807) is 35.6 Å². The Labute approximate surface area is 133 Å². The molecule has 1 aromatic carbocycles. The van der Waals surface area contributed by atoms with E-state index in [1.807, 2.05) is 29.5 Å². The van der Waals surface area contributed by atoms with Gasteiger partial charge < -0.3 is 10.1 Å². The zero-order chi connectivity index (χ0) is 15.9. The lowest BCUT2D eigenvalue weighted by Crippen LogP contribution is -2.29. The predicted molar refractivity (Wildman–Crippen MR) is 87.1 cm³/mol. The lowest BCUT2D eigenvalue weighted by molar-refractivity contribution is -0.117. The van der Waals surface area contributed by atoms with Crippen LogP contribution in [0.5, 0.6) is 0 Å². The molecule has 1 amide bonds. The first-order valence-corrected chi connectivity index (χ1v) is 7.65. The predicted octanol–water partition coefficient (Wildman–Crippen LogP) is 2.61. The Balaban J connectivity index is 1.85. The van der Waals surface area contributed by atoms with Gasteiger partial charge in [0.2, 0.25) is 5.91 Å². The number of nitrogens with zero attached hydrogens (tertiary/aromatic N) is 1. The fraction of sp³-hybridized carbons (Fsp3) is 0.250. The summed E-state index contributed by atoms with van der Waals surface area (Å²) in [6.07, 6.45) is 0. The highest BCUT2D eigenvalue weighted by Crippen LogP contribution is 2.12. The molecule has 2 rings (SSSR count). The number of anilines is 1. The van der Waals surface area contributed by atoms with Crippen molar-refractivity contribution in [3.63, 3.8) is 0 Å². The van der Waals surface area contributed by atoms with Crippen molar-refractivity contribution in [3.05, 3.63) is 52.2 Å². The Morgan fingerprint density at radius 2 is 1.95 bits per heavy atom. The summed E-state index contributed by atoms with van der Waals surface area (Å²) < 4.78 is 4.63. The van der Waals surface area contributed by atoms with Crippen molar-refractivity contribution in [2.75, 3.05) is 26.0 Å². The average molecular weight is 318 g/mol. The number of carbonyl (C=O) groups excluding carboxylic acids is 2. The molecule has 0 aliphatic heterocycles. The highest BCUT2D eigenvalue weighted by molar-refractivity contribution is 7.09. The number of carbonyl (C=O) groups is 2. The van der Waals surface area contributed by atoms with Gasteiger partial charge in [0.15, 0.2) is 0 Å². The Morgan fingerprint density at radius 3 is 2.55 bits per heavy atom. The number of methoxy groups -OCH3 is 1. The molecule has 2 aromatic rings. The molecule has 1 heterocycles. The Hall–Kier alpha value is -2.18. The molecule has 0 aliphatic rings. The Morgan fingerprint density at radius 1 is 1.23 bits per heavy atom. The molecule has 1 N–H and O–H groups in total. The summed E-state index contributed by atoms with van der Waals surface area (Å²) in [4.78, 5) is 26.5. The van der Waals surface area contributed by atoms with Gasteiger partial charge in [-0.2, -0.15) is 0 Å². The lowest BCUT2D eigenvalue weighted by Gasteiger charge is -2.15. The molecule has 22 heavy (non-hydrogen) atoms. The Kier molecular flexibility index (Phi) is 5.68. The van der Waals surface area contributed by atoms with Gasteiger partial charge in [-0.3, -0.25) is 9.69 Å². The van der Waals surface area contributed by atoms with E-state index in [4.69, 9.17) is 0 Å². The highest BCUT2D eigenvalue weighted by Gasteiger charge is 2.09. The van der Waals surface area contributed by atoms with E-state index < -0.39 is 5.97 Å². The van der Waals surface area contributed by atoms with Gasteiger partial charge in [-0.15, -0.1) is 11.3 Å². The quantitative estimate of drug-likeness (QED) is 0.832. The van der Waals surface area contributed by atoms with Crippen LogP contribution in [0.3, 0.4) is 0 Å². The second-order valence-corrected chi connectivity index (χ2v) is 5.90. The van der Waals surface area contributed by atoms with Crippen LogP contribution in [-0.2, 0) is 16.1 Å². The normalized spacial score (nSPS) is 10.5. The van der Waals surface area contributed by atoms with Crippen molar-refractivity contribution < 1.29 is 14.3 Å². The second kappa shape index (κ2) is 7.72. The minimum atomic E-state index is -0.395. The summed E-state index contributed by atoms with van der Waals surface area (Å²) >= 11 is 1.67. The van der Waals surface area contributed by atoms with Crippen LogP contribution in [-0.4, -0.2) is 37.5 Å². The van der Waals surface area contributed by atoms with Gasteiger partial charge in [-0.25, -0.2) is 4.79 Å². The third-order valence-electron chi connectivity index (χ3n) is 3.01. The summed E-state index contributed by atoms with van der Waals surface area (Å²) in [5.74, 6) is -0.488. The maximum absolute atomic E-state index is 12.0. The fourth-order valence-electron chi connectivity index (χ4n) is 1.98. The van der Waals surface area contributed by atoms with E-state index in [0.717, 1.165) is 6.54 Å². The van der Waals surface area contributed by atoms with Gasteiger partial charge in [-0.05, 0) is 42.8 Å². The largest absolute Gasteiger partial charge is 0.465 e. The topological polar surface area (TPSA) is 58.6 Å². The molecule has 0 aliphatic carbocycles. The summed E-state index contributed by atoms with van der Waals surface area (Å²) in [5.41, 5.74) is 1.11. The van der Waals surface area contributed by atoms with Crippen molar-refractivity contribution in [2.24, 2.45) is 0 Å². The number of ether oxygens (including phenoxy) is 1. The molecular weight excluding hydrogens is 300 g/mol. The van der Waals surface area contributed by atoms with Crippen LogP contribution in [0.15, 0.2) is 41.8 Å². The number of amides is 1. The van der Waals surface area contributed by atoms with E-state index in [2.05, 4.69) is 10.1 Å². The van der Waals surface area contributed by atoms with Gasteiger partial charge in [0.25, 0.3) is 0 Å². The number of esters is 1. The molecule has 0 radical (unpaired) electrons. The van der Waals surface area contributed by atoms with Crippen LogP contribution in [0.25, 0.3) is 0 Å². The van der Waals surface area contributed by atoms with Crippen LogP contribution in [0.4, 0.5) is 5.69 Å². The van der Waals surface area contributed by atoms with Gasteiger partial charge in [0, 0.05) is 17.1 Å². The number of likely N-dealkylation sites (N-methyl/N-ethyl adjacent to an activating group) is 1. The number of thiophene rings is 1. The molecular formula is C16H18N2O3S. The van der Waals surface area contributed by atoms with E-state index >= 15 is 0 Å². The fourth-order valence-corrected chi connectivity index (χ4v) is 2.76. The van der Waals surface area contributed by atoms with Gasteiger partial charge >= 0.3 is 5.97 Å². The van der Waals surface area contributed by atoms with Crippen LogP contribution >= 0.6 is 11.3 Å². The monoisotopic (exact) mass is 318 g/mol. The van der Waals surface area contributed by atoms with Crippen LogP contribution < -0.4 is 5.32 Å². The van der Waals surface area contributed by atoms with E-state index in [1.165, 1.54) is 12.0 Å². The number of benzene rings is 1. The molecule has 0 saturated heterocycles. The van der Waals surface area contributed by atoms with Gasteiger partial charge in [-0.1, -0.05) is 6.07 Å². The second-order valence-electron chi connectivity index (χ2n) is 4.87. The molecule has 0 saturated carbocycles. The number of nitrogens with one attached hydrogen (secondary N) is 1. The third kappa shape index (κ3) is 4.68. The molecule has 0 bridgehead atoms. The van der Waals surface area contributed by atoms with Gasteiger partial charge in [0.1, 0.15) is 0 Å². The zero-order valence-electron chi connectivity index (χ0n) is 12.5. The molecule has 116 valence electrons. The molecule has 0 fully saturated rings. The zero-order valence-corrected chi connectivity index (χ0v) is 13.4. The van der Waals surface area contributed by atoms with Crippen molar-refractivity contribution >= 4 is 28.9 Å². The molecule has 0 atom stereocenters. The highest BCUT2D eigenvalue weighted by atomic mass is 32.1. The summed E-state index contributed by atoms with van der Waals surface area (Å²) in [6.45, 7) is 1.04. The first-order valence-electron chi connectivity index (χ1n) is 6.77. The molecule has 1 aromatic heterocycles. The van der Waals surface area contributed by atoms with Crippen LogP contribution in [0, 0.1) is 0 Å². The number of rotatable bonds is 6. The first kappa shape index (κ1) is 16.2. The Bertz CT molecular complexity index is 623. The lowest BCUT2D eigenvalue weighted by atomic mass is 10.2. The van der Waals surface area contributed by atoms with E-state index in [-0.39, 0.29) is 5.91 Å². The number of hydrogen-bond acceptors (Lipinski definition) is 5. The third-order valence-corrected chi connectivity index (χ3v) is 3.87. The molecule has 0 unspecified atom stereocenters. The average Bonchev–Trinajstić information content (AvgIpc) is 2.99. The summed E-state index contributed by atoms with van der Waals surface area (Å²) in [7, 11) is 3.24. The first-order chi connectivity index (χ1) is 10.6. The molecule has 5 nitrogen and oxygen atoms in total. The van der Waals surface area contributed by atoms with Crippen LogP contribution in [0.1, 0.15) is 15.2 Å².